The van der Waals surface area contributed by atoms with Crippen molar-refractivity contribution in [3.05, 3.63) is 70.6 Å². The molecular weight excluding hydrogens is 450 g/mol. The minimum Gasteiger partial charge on any atom is -0.342 e. The molecule has 2 aromatic carbocycles. The summed E-state index contributed by atoms with van der Waals surface area (Å²) in [4.78, 5) is 31.7. The molecule has 5 nitrogen and oxygen atoms in total. The van der Waals surface area contributed by atoms with Crippen molar-refractivity contribution in [3.8, 4) is 0 Å². The molecule has 2 aliphatic heterocycles. The molecule has 2 aliphatic rings. The number of carbonyl (C=O) groups is 2. The van der Waals surface area contributed by atoms with Gasteiger partial charge in [-0.1, -0.05) is 55.5 Å². The Hall–Kier alpha value is -2.35. The Morgan fingerprint density at radius 3 is 2.67 bits per heavy atom. The molecule has 3 heterocycles. The van der Waals surface area contributed by atoms with Crippen LogP contribution in [0.25, 0.3) is 10.1 Å². The minimum atomic E-state index is -0.429. The van der Waals surface area contributed by atoms with E-state index in [2.05, 4.69) is 53.5 Å². The standard InChI is InChI=1S/C26H29N3O2S2/c1-2-23-20(19-10-6-7-11-24(19)33-23)14-28-12-13-29-22(15-28)25(30)27-21(26(29)31)17-32-16-18-8-4-3-5-9-18/h3-11,21-22H,2,12-17H2,1H3,(H,27,30). The van der Waals surface area contributed by atoms with E-state index in [9.17, 15) is 9.59 Å². The highest BCUT2D eigenvalue weighted by Crippen LogP contribution is 2.33. The van der Waals surface area contributed by atoms with Gasteiger partial charge in [0.15, 0.2) is 0 Å². The number of rotatable bonds is 7. The van der Waals surface area contributed by atoms with Crippen LogP contribution < -0.4 is 5.32 Å². The third kappa shape index (κ3) is 4.67. The van der Waals surface area contributed by atoms with Crippen molar-refractivity contribution >= 4 is 45.0 Å². The Kier molecular flexibility index (Phi) is 6.71. The second kappa shape index (κ2) is 9.87. The van der Waals surface area contributed by atoms with Gasteiger partial charge in [0, 0.05) is 47.3 Å². The summed E-state index contributed by atoms with van der Waals surface area (Å²) < 4.78 is 1.32. The topological polar surface area (TPSA) is 52.6 Å². The third-order valence-electron chi connectivity index (χ3n) is 6.55. The van der Waals surface area contributed by atoms with Gasteiger partial charge in [0.25, 0.3) is 0 Å². The zero-order valence-electron chi connectivity index (χ0n) is 18.8. The summed E-state index contributed by atoms with van der Waals surface area (Å²) in [7, 11) is 0. The SMILES string of the molecule is CCc1sc2ccccc2c1CN1CCN2C(=O)C(CSCc3ccccc3)NC(=O)C2C1. The zero-order chi connectivity index (χ0) is 22.8. The number of amides is 2. The molecule has 172 valence electrons. The molecule has 2 fully saturated rings. The molecule has 0 radical (unpaired) electrons. The van der Waals surface area contributed by atoms with Crippen molar-refractivity contribution < 1.29 is 9.59 Å². The highest BCUT2D eigenvalue weighted by atomic mass is 32.2. The van der Waals surface area contributed by atoms with Gasteiger partial charge in [0.05, 0.1) is 0 Å². The van der Waals surface area contributed by atoms with Gasteiger partial charge in [-0.25, -0.2) is 0 Å². The predicted molar refractivity (Wildman–Crippen MR) is 137 cm³/mol. The maximum atomic E-state index is 13.1. The summed E-state index contributed by atoms with van der Waals surface area (Å²) in [6.45, 7) is 5.03. The highest BCUT2D eigenvalue weighted by molar-refractivity contribution is 7.98. The number of fused-ring (bicyclic) bond motifs is 2. The first-order valence-electron chi connectivity index (χ1n) is 11.6. The van der Waals surface area contributed by atoms with Crippen LogP contribution in [0.4, 0.5) is 0 Å². The van der Waals surface area contributed by atoms with Gasteiger partial charge >= 0.3 is 0 Å². The zero-order valence-corrected chi connectivity index (χ0v) is 20.5. The molecule has 0 bridgehead atoms. The second-order valence-electron chi connectivity index (χ2n) is 8.70. The van der Waals surface area contributed by atoms with Crippen LogP contribution in [0.1, 0.15) is 22.9 Å². The van der Waals surface area contributed by atoms with E-state index in [-0.39, 0.29) is 11.8 Å². The lowest BCUT2D eigenvalue weighted by molar-refractivity contribution is -0.152. The van der Waals surface area contributed by atoms with E-state index in [1.807, 2.05) is 34.4 Å². The van der Waals surface area contributed by atoms with Crippen molar-refractivity contribution in [3.63, 3.8) is 0 Å². The Balaban J connectivity index is 1.22. The van der Waals surface area contributed by atoms with Crippen LogP contribution in [-0.4, -0.2) is 59.1 Å². The van der Waals surface area contributed by atoms with Crippen LogP contribution in [0.5, 0.6) is 0 Å². The smallest absolute Gasteiger partial charge is 0.246 e. The van der Waals surface area contributed by atoms with E-state index < -0.39 is 12.1 Å². The van der Waals surface area contributed by atoms with E-state index in [0.29, 0.717) is 18.8 Å². The van der Waals surface area contributed by atoms with E-state index in [1.165, 1.54) is 26.1 Å². The van der Waals surface area contributed by atoms with Crippen molar-refractivity contribution in [2.24, 2.45) is 0 Å². The van der Waals surface area contributed by atoms with Gasteiger partial charge in [0.2, 0.25) is 11.8 Å². The van der Waals surface area contributed by atoms with E-state index in [0.717, 1.165) is 25.3 Å². The summed E-state index contributed by atoms with van der Waals surface area (Å²) in [5.74, 6) is 1.49. The largest absolute Gasteiger partial charge is 0.342 e. The summed E-state index contributed by atoms with van der Waals surface area (Å²) in [6.07, 6.45) is 1.01. The molecule has 33 heavy (non-hydrogen) atoms. The molecular formula is C26H29N3O2S2. The number of nitrogens with one attached hydrogen (secondary N) is 1. The van der Waals surface area contributed by atoms with E-state index in [4.69, 9.17) is 0 Å². The fourth-order valence-corrected chi connectivity index (χ4v) is 6.98. The Bertz CT molecular complexity index is 1150. The quantitative estimate of drug-likeness (QED) is 0.558. The van der Waals surface area contributed by atoms with Crippen LogP contribution in [0, 0.1) is 0 Å². The fraction of sp³-hybridized carbons (Fsp3) is 0.385. The second-order valence-corrected chi connectivity index (χ2v) is 10.9. The van der Waals surface area contributed by atoms with Gasteiger partial charge in [-0.15, -0.1) is 11.3 Å². The van der Waals surface area contributed by atoms with Crippen LogP contribution in [0.15, 0.2) is 54.6 Å². The summed E-state index contributed by atoms with van der Waals surface area (Å²) in [5, 5.41) is 4.33. The lowest BCUT2D eigenvalue weighted by Crippen LogP contribution is -2.69. The Morgan fingerprint density at radius 1 is 1.06 bits per heavy atom. The summed E-state index contributed by atoms with van der Waals surface area (Å²) in [5.41, 5.74) is 2.61. The first-order valence-corrected chi connectivity index (χ1v) is 13.6. The molecule has 3 aromatic rings. The molecule has 5 rings (SSSR count). The van der Waals surface area contributed by atoms with Crippen molar-refractivity contribution in [2.75, 3.05) is 25.4 Å². The maximum absolute atomic E-state index is 13.1. The number of aryl methyl sites for hydroxylation is 1. The molecule has 1 aromatic heterocycles. The van der Waals surface area contributed by atoms with Crippen LogP contribution in [0.2, 0.25) is 0 Å². The van der Waals surface area contributed by atoms with Gasteiger partial charge in [-0.2, -0.15) is 11.8 Å². The highest BCUT2D eigenvalue weighted by Gasteiger charge is 2.43. The number of nitrogens with zero attached hydrogens (tertiary/aromatic N) is 2. The number of thiophene rings is 1. The van der Waals surface area contributed by atoms with Gasteiger partial charge < -0.3 is 10.2 Å². The predicted octanol–water partition coefficient (Wildman–Crippen LogP) is 3.91. The van der Waals surface area contributed by atoms with Gasteiger partial charge in [0.1, 0.15) is 12.1 Å². The normalized spacial score (nSPS) is 21.3. The molecule has 0 saturated carbocycles. The maximum Gasteiger partial charge on any atom is 0.246 e. The number of piperazine rings is 2. The molecule has 1 N–H and O–H groups in total. The molecule has 2 atom stereocenters. The summed E-state index contributed by atoms with van der Waals surface area (Å²) >= 11 is 3.56. The molecule has 0 aliphatic carbocycles. The van der Waals surface area contributed by atoms with E-state index >= 15 is 0 Å². The number of carbonyl (C=O) groups excluding carboxylic acids is 2. The third-order valence-corrected chi connectivity index (χ3v) is 9.01. The van der Waals surface area contributed by atoms with Gasteiger partial charge in [-0.3, -0.25) is 14.5 Å². The Labute approximate surface area is 203 Å². The minimum absolute atomic E-state index is 0.0181. The molecule has 2 saturated heterocycles. The van der Waals surface area contributed by atoms with Crippen LogP contribution in [-0.2, 0) is 28.3 Å². The molecule has 2 amide bonds. The van der Waals surface area contributed by atoms with Gasteiger partial charge in [-0.05, 0) is 29.0 Å². The number of benzene rings is 2. The number of hydrogen-bond acceptors (Lipinski definition) is 5. The molecule has 0 spiro atoms. The van der Waals surface area contributed by atoms with E-state index in [1.54, 1.807) is 11.8 Å². The lowest BCUT2D eigenvalue weighted by atomic mass is 10.0. The summed E-state index contributed by atoms with van der Waals surface area (Å²) in [6, 6.07) is 18.0. The number of hydrogen-bond donors (Lipinski definition) is 1. The lowest BCUT2D eigenvalue weighted by Gasteiger charge is -2.45. The van der Waals surface area contributed by atoms with Crippen molar-refractivity contribution in [1.82, 2.24) is 15.1 Å². The monoisotopic (exact) mass is 479 g/mol. The first kappa shape index (κ1) is 22.4. The molecule has 2 unspecified atom stereocenters. The van der Waals surface area contributed by atoms with Crippen LogP contribution >= 0.6 is 23.1 Å². The average Bonchev–Trinajstić information content (AvgIpc) is 3.20. The average molecular weight is 480 g/mol. The first-order chi connectivity index (χ1) is 16.1. The molecule has 7 heteroatoms. The number of thioether (sulfide) groups is 1. The fourth-order valence-electron chi connectivity index (χ4n) is 4.81. The van der Waals surface area contributed by atoms with Crippen molar-refractivity contribution in [1.29, 1.82) is 0 Å². The Morgan fingerprint density at radius 2 is 1.85 bits per heavy atom. The van der Waals surface area contributed by atoms with Crippen LogP contribution in [0.3, 0.4) is 0 Å². The van der Waals surface area contributed by atoms with Crippen molar-refractivity contribution in [2.45, 2.75) is 37.7 Å².